The molecule has 0 spiro atoms. The van der Waals surface area contributed by atoms with Crippen LogP contribution >= 0.6 is 0 Å². The Morgan fingerprint density at radius 1 is 1.33 bits per heavy atom. The molecule has 0 amide bonds. The maximum atomic E-state index is 8.64. The molecule has 15 heavy (non-hydrogen) atoms. The van der Waals surface area contributed by atoms with E-state index in [2.05, 4.69) is 11.9 Å². The van der Waals surface area contributed by atoms with Crippen LogP contribution in [0.4, 0.5) is 0 Å². The minimum Gasteiger partial charge on any atom is -0.478 e. The van der Waals surface area contributed by atoms with E-state index in [1.165, 1.54) is 19.3 Å². The molecule has 0 atom stereocenters. The fourth-order valence-corrected chi connectivity index (χ4v) is 1.26. The zero-order chi connectivity index (χ0) is 10.9. The number of aromatic nitrogens is 1. The van der Waals surface area contributed by atoms with Crippen LogP contribution in [-0.4, -0.2) is 11.6 Å². The predicted octanol–water partition coefficient (Wildman–Crippen LogP) is 2.91. The van der Waals surface area contributed by atoms with Gasteiger partial charge in [-0.05, 0) is 12.5 Å². The lowest BCUT2D eigenvalue weighted by Crippen LogP contribution is -1.99. The van der Waals surface area contributed by atoms with Crippen LogP contribution in [0, 0.1) is 11.3 Å². The fraction of sp³-hybridized carbons (Fsp3) is 0.500. The Balaban J connectivity index is 2.28. The first-order valence-corrected chi connectivity index (χ1v) is 5.36. The van der Waals surface area contributed by atoms with E-state index in [9.17, 15) is 0 Å². The second-order valence-corrected chi connectivity index (χ2v) is 3.38. The van der Waals surface area contributed by atoms with Gasteiger partial charge in [-0.2, -0.15) is 5.26 Å². The van der Waals surface area contributed by atoms with Crippen LogP contribution in [0.2, 0.25) is 0 Å². The van der Waals surface area contributed by atoms with E-state index >= 15 is 0 Å². The summed E-state index contributed by atoms with van der Waals surface area (Å²) >= 11 is 0. The highest BCUT2D eigenvalue weighted by atomic mass is 16.5. The van der Waals surface area contributed by atoms with Crippen molar-refractivity contribution in [2.45, 2.75) is 32.6 Å². The van der Waals surface area contributed by atoms with Crippen LogP contribution in [0.25, 0.3) is 0 Å². The van der Waals surface area contributed by atoms with Crippen molar-refractivity contribution in [2.75, 3.05) is 6.61 Å². The SMILES string of the molecule is CCCCCCOc1cccc(C#N)n1. The van der Waals surface area contributed by atoms with Gasteiger partial charge in [-0.1, -0.05) is 32.3 Å². The quantitative estimate of drug-likeness (QED) is 0.669. The lowest BCUT2D eigenvalue weighted by molar-refractivity contribution is 0.293. The average Bonchev–Trinajstić information content (AvgIpc) is 2.29. The first kappa shape index (κ1) is 11.5. The van der Waals surface area contributed by atoms with Crippen molar-refractivity contribution in [1.29, 1.82) is 5.26 Å². The summed E-state index contributed by atoms with van der Waals surface area (Å²) in [6, 6.07) is 7.22. The van der Waals surface area contributed by atoms with Crippen LogP contribution in [0.5, 0.6) is 5.88 Å². The Labute approximate surface area is 90.7 Å². The van der Waals surface area contributed by atoms with Gasteiger partial charge in [0.05, 0.1) is 6.61 Å². The van der Waals surface area contributed by atoms with E-state index in [-0.39, 0.29) is 0 Å². The Kier molecular flexibility index (Phi) is 5.24. The third-order valence-corrected chi connectivity index (χ3v) is 2.09. The van der Waals surface area contributed by atoms with E-state index in [1.807, 2.05) is 6.07 Å². The minimum absolute atomic E-state index is 0.404. The lowest BCUT2D eigenvalue weighted by Gasteiger charge is -2.04. The molecule has 0 N–H and O–H groups in total. The largest absolute Gasteiger partial charge is 0.478 e. The van der Waals surface area contributed by atoms with Gasteiger partial charge in [0.2, 0.25) is 5.88 Å². The number of unbranched alkanes of at least 4 members (excludes halogenated alkanes) is 3. The molecule has 1 aromatic rings. The van der Waals surface area contributed by atoms with E-state index in [0.717, 1.165) is 6.42 Å². The van der Waals surface area contributed by atoms with Crippen molar-refractivity contribution in [2.24, 2.45) is 0 Å². The number of rotatable bonds is 6. The molecule has 3 heteroatoms. The smallest absolute Gasteiger partial charge is 0.214 e. The van der Waals surface area contributed by atoms with E-state index in [1.54, 1.807) is 18.2 Å². The molecule has 0 saturated carbocycles. The number of nitrogens with zero attached hydrogens (tertiary/aromatic N) is 2. The number of nitriles is 1. The van der Waals surface area contributed by atoms with Gasteiger partial charge >= 0.3 is 0 Å². The summed E-state index contributed by atoms with van der Waals surface area (Å²) in [5.41, 5.74) is 0.404. The van der Waals surface area contributed by atoms with Crippen LogP contribution in [-0.2, 0) is 0 Å². The molecular formula is C12H16N2O. The summed E-state index contributed by atoms with van der Waals surface area (Å²) in [7, 11) is 0. The van der Waals surface area contributed by atoms with Gasteiger partial charge in [0.15, 0.2) is 0 Å². The first-order chi connectivity index (χ1) is 7.36. The highest BCUT2D eigenvalue weighted by Crippen LogP contribution is 2.08. The third-order valence-electron chi connectivity index (χ3n) is 2.09. The molecule has 1 aromatic heterocycles. The second kappa shape index (κ2) is 6.83. The van der Waals surface area contributed by atoms with Crippen molar-refractivity contribution in [3.05, 3.63) is 23.9 Å². The number of ether oxygens (including phenoxy) is 1. The zero-order valence-corrected chi connectivity index (χ0v) is 9.07. The summed E-state index contributed by atoms with van der Waals surface area (Å²) in [4.78, 5) is 4.03. The normalized spacial score (nSPS) is 9.60. The summed E-state index contributed by atoms with van der Waals surface area (Å²) in [5, 5.41) is 8.64. The predicted molar refractivity (Wildman–Crippen MR) is 58.6 cm³/mol. The molecule has 0 unspecified atom stereocenters. The van der Waals surface area contributed by atoms with Crippen molar-refractivity contribution >= 4 is 0 Å². The summed E-state index contributed by atoms with van der Waals surface area (Å²) in [6.07, 6.45) is 4.71. The van der Waals surface area contributed by atoms with Crippen molar-refractivity contribution in [3.8, 4) is 11.9 Å². The molecule has 0 aliphatic rings. The van der Waals surface area contributed by atoms with Crippen molar-refractivity contribution in [3.63, 3.8) is 0 Å². The molecule has 3 nitrogen and oxygen atoms in total. The number of hydrogen-bond donors (Lipinski definition) is 0. The van der Waals surface area contributed by atoms with Crippen LogP contribution < -0.4 is 4.74 Å². The second-order valence-electron chi connectivity index (χ2n) is 3.38. The Bertz CT molecular complexity index is 331. The molecule has 1 heterocycles. The van der Waals surface area contributed by atoms with Gasteiger partial charge in [0.1, 0.15) is 11.8 Å². The van der Waals surface area contributed by atoms with Crippen LogP contribution in [0.3, 0.4) is 0 Å². The van der Waals surface area contributed by atoms with Crippen LogP contribution in [0.1, 0.15) is 38.3 Å². The van der Waals surface area contributed by atoms with Crippen molar-refractivity contribution < 1.29 is 4.74 Å². The molecule has 0 bridgehead atoms. The van der Waals surface area contributed by atoms with Gasteiger partial charge in [-0.15, -0.1) is 0 Å². The highest BCUT2D eigenvalue weighted by molar-refractivity contribution is 5.24. The number of pyridine rings is 1. The minimum atomic E-state index is 0.404. The molecule has 0 fully saturated rings. The van der Waals surface area contributed by atoms with Gasteiger partial charge in [-0.3, -0.25) is 0 Å². The van der Waals surface area contributed by atoms with Gasteiger partial charge in [0, 0.05) is 6.07 Å². The zero-order valence-electron chi connectivity index (χ0n) is 9.07. The summed E-state index contributed by atoms with van der Waals surface area (Å²) in [6.45, 7) is 2.86. The third kappa shape index (κ3) is 4.46. The van der Waals surface area contributed by atoms with Gasteiger partial charge < -0.3 is 4.74 Å². The maximum Gasteiger partial charge on any atom is 0.214 e. The van der Waals surface area contributed by atoms with Gasteiger partial charge in [-0.25, -0.2) is 4.98 Å². The summed E-state index contributed by atoms with van der Waals surface area (Å²) in [5.74, 6) is 0.547. The highest BCUT2D eigenvalue weighted by Gasteiger charge is 1.97. The first-order valence-electron chi connectivity index (χ1n) is 5.36. The average molecular weight is 204 g/mol. The molecule has 0 aromatic carbocycles. The van der Waals surface area contributed by atoms with E-state index in [4.69, 9.17) is 10.00 Å². The number of hydrogen-bond acceptors (Lipinski definition) is 3. The molecule has 0 saturated heterocycles. The molecule has 0 aliphatic heterocycles. The Hall–Kier alpha value is -1.56. The monoisotopic (exact) mass is 204 g/mol. The molecule has 0 aliphatic carbocycles. The molecule has 0 radical (unpaired) electrons. The Morgan fingerprint density at radius 3 is 2.93 bits per heavy atom. The fourth-order valence-electron chi connectivity index (χ4n) is 1.26. The van der Waals surface area contributed by atoms with E-state index in [0.29, 0.717) is 18.2 Å². The van der Waals surface area contributed by atoms with Gasteiger partial charge in [0.25, 0.3) is 0 Å². The molecule has 80 valence electrons. The summed E-state index contributed by atoms with van der Waals surface area (Å²) < 4.78 is 5.43. The topological polar surface area (TPSA) is 45.9 Å². The molecule has 1 rings (SSSR count). The maximum absolute atomic E-state index is 8.64. The van der Waals surface area contributed by atoms with E-state index < -0.39 is 0 Å². The van der Waals surface area contributed by atoms with Crippen LogP contribution in [0.15, 0.2) is 18.2 Å². The standard InChI is InChI=1S/C12H16N2O/c1-2-3-4-5-9-15-12-8-6-7-11(10-13)14-12/h6-8H,2-5,9H2,1H3. The van der Waals surface area contributed by atoms with Crippen molar-refractivity contribution in [1.82, 2.24) is 4.98 Å². The molecular weight excluding hydrogens is 188 g/mol. The lowest BCUT2D eigenvalue weighted by atomic mass is 10.2. The Morgan fingerprint density at radius 2 is 2.20 bits per heavy atom.